The first-order valence-corrected chi connectivity index (χ1v) is 6.51. The standard InChI is InChI=1S/C12H18N6/c1-2-13-9-3-5-18(6-4-9)12-10-11(15-7-14-10)16-8-17-12/h7-9,13H,2-6H2,1H3,(H,14,15,16,17). The van der Waals surface area contributed by atoms with Crippen molar-refractivity contribution in [3.8, 4) is 0 Å². The lowest BCUT2D eigenvalue weighted by atomic mass is 10.1. The molecule has 0 spiro atoms. The number of aromatic amines is 1. The summed E-state index contributed by atoms with van der Waals surface area (Å²) in [4.78, 5) is 18.2. The molecule has 1 saturated heterocycles. The Morgan fingerprint density at radius 2 is 2.17 bits per heavy atom. The summed E-state index contributed by atoms with van der Waals surface area (Å²) in [6.45, 7) is 5.26. The number of fused-ring (bicyclic) bond motifs is 1. The van der Waals surface area contributed by atoms with E-state index in [9.17, 15) is 0 Å². The maximum Gasteiger partial charge on any atom is 0.182 e. The molecular formula is C12H18N6. The van der Waals surface area contributed by atoms with E-state index >= 15 is 0 Å². The number of hydrogen-bond donors (Lipinski definition) is 2. The Labute approximate surface area is 106 Å². The Bertz CT molecular complexity index is 514. The maximum absolute atomic E-state index is 4.40. The normalized spacial score (nSPS) is 17.5. The Morgan fingerprint density at radius 3 is 2.94 bits per heavy atom. The summed E-state index contributed by atoms with van der Waals surface area (Å²) < 4.78 is 0. The highest BCUT2D eigenvalue weighted by Gasteiger charge is 2.21. The van der Waals surface area contributed by atoms with Crippen LogP contribution in [0.2, 0.25) is 0 Å². The van der Waals surface area contributed by atoms with Crippen molar-refractivity contribution < 1.29 is 0 Å². The smallest absolute Gasteiger partial charge is 0.182 e. The van der Waals surface area contributed by atoms with Crippen LogP contribution in [0.15, 0.2) is 12.7 Å². The Hall–Kier alpha value is -1.69. The van der Waals surface area contributed by atoms with Crippen LogP contribution in [-0.2, 0) is 0 Å². The van der Waals surface area contributed by atoms with Crippen LogP contribution in [0.1, 0.15) is 19.8 Å². The van der Waals surface area contributed by atoms with Crippen molar-refractivity contribution in [2.75, 3.05) is 24.5 Å². The van der Waals surface area contributed by atoms with Gasteiger partial charge in [-0.05, 0) is 19.4 Å². The number of nitrogens with zero attached hydrogens (tertiary/aromatic N) is 4. The average molecular weight is 246 g/mol. The molecule has 0 atom stereocenters. The summed E-state index contributed by atoms with van der Waals surface area (Å²) in [5.41, 5.74) is 1.69. The summed E-state index contributed by atoms with van der Waals surface area (Å²) in [5, 5.41) is 3.51. The number of aromatic nitrogens is 4. The van der Waals surface area contributed by atoms with E-state index in [2.05, 4.69) is 37.1 Å². The minimum atomic E-state index is 0.644. The van der Waals surface area contributed by atoms with Gasteiger partial charge < -0.3 is 15.2 Å². The van der Waals surface area contributed by atoms with Gasteiger partial charge in [-0.1, -0.05) is 6.92 Å². The predicted molar refractivity (Wildman–Crippen MR) is 70.6 cm³/mol. The Morgan fingerprint density at radius 1 is 1.33 bits per heavy atom. The predicted octanol–water partition coefficient (Wildman–Crippen LogP) is 0.931. The number of nitrogens with one attached hydrogen (secondary N) is 2. The minimum absolute atomic E-state index is 0.644. The van der Waals surface area contributed by atoms with Crippen molar-refractivity contribution in [1.82, 2.24) is 25.3 Å². The van der Waals surface area contributed by atoms with E-state index in [1.807, 2.05) is 0 Å². The Balaban J connectivity index is 1.78. The second-order valence-corrected chi connectivity index (χ2v) is 4.62. The lowest BCUT2D eigenvalue weighted by Crippen LogP contribution is -2.42. The minimum Gasteiger partial charge on any atom is -0.355 e. The number of anilines is 1. The molecule has 0 aliphatic carbocycles. The van der Waals surface area contributed by atoms with Gasteiger partial charge in [-0.25, -0.2) is 15.0 Å². The van der Waals surface area contributed by atoms with Crippen molar-refractivity contribution in [2.45, 2.75) is 25.8 Å². The van der Waals surface area contributed by atoms with E-state index in [1.54, 1.807) is 12.7 Å². The zero-order chi connectivity index (χ0) is 12.4. The number of rotatable bonds is 3. The first-order valence-electron chi connectivity index (χ1n) is 6.51. The average Bonchev–Trinajstić information content (AvgIpc) is 2.88. The van der Waals surface area contributed by atoms with Crippen molar-refractivity contribution in [2.24, 2.45) is 0 Å². The Kier molecular flexibility index (Phi) is 3.10. The van der Waals surface area contributed by atoms with E-state index < -0.39 is 0 Å². The molecule has 3 heterocycles. The monoisotopic (exact) mass is 246 g/mol. The van der Waals surface area contributed by atoms with E-state index in [1.165, 1.54) is 0 Å². The second-order valence-electron chi connectivity index (χ2n) is 4.62. The van der Waals surface area contributed by atoms with Gasteiger partial charge in [-0.15, -0.1) is 0 Å². The van der Waals surface area contributed by atoms with Crippen molar-refractivity contribution in [3.63, 3.8) is 0 Å². The van der Waals surface area contributed by atoms with Crippen LogP contribution in [0.25, 0.3) is 11.2 Å². The number of piperidine rings is 1. The number of imidazole rings is 1. The zero-order valence-electron chi connectivity index (χ0n) is 10.6. The van der Waals surface area contributed by atoms with Crippen LogP contribution < -0.4 is 10.2 Å². The molecule has 6 nitrogen and oxygen atoms in total. The summed E-state index contributed by atoms with van der Waals surface area (Å²) in [7, 11) is 0. The van der Waals surface area contributed by atoms with Crippen LogP contribution in [0.4, 0.5) is 5.82 Å². The molecule has 18 heavy (non-hydrogen) atoms. The molecule has 1 fully saturated rings. The van der Waals surface area contributed by atoms with Gasteiger partial charge in [0.05, 0.1) is 6.33 Å². The van der Waals surface area contributed by atoms with Gasteiger partial charge in [0.25, 0.3) is 0 Å². The number of H-pyrrole nitrogens is 1. The summed E-state index contributed by atoms with van der Waals surface area (Å²) in [6.07, 6.45) is 5.59. The molecule has 0 aromatic carbocycles. The molecule has 2 aromatic rings. The molecule has 96 valence electrons. The molecule has 2 aromatic heterocycles. The molecular weight excluding hydrogens is 228 g/mol. The summed E-state index contributed by atoms with van der Waals surface area (Å²) in [6, 6.07) is 0.644. The third-order valence-electron chi connectivity index (χ3n) is 3.49. The van der Waals surface area contributed by atoms with Gasteiger partial charge in [0, 0.05) is 19.1 Å². The van der Waals surface area contributed by atoms with Gasteiger partial charge in [0.1, 0.15) is 11.8 Å². The fourth-order valence-electron chi connectivity index (χ4n) is 2.58. The van der Waals surface area contributed by atoms with Crippen molar-refractivity contribution in [1.29, 1.82) is 0 Å². The first kappa shape index (κ1) is 11.4. The molecule has 0 bridgehead atoms. The summed E-state index contributed by atoms with van der Waals surface area (Å²) in [5.74, 6) is 0.979. The lowest BCUT2D eigenvalue weighted by Gasteiger charge is -2.33. The highest BCUT2D eigenvalue weighted by molar-refractivity contribution is 5.82. The largest absolute Gasteiger partial charge is 0.355 e. The molecule has 2 N–H and O–H groups in total. The van der Waals surface area contributed by atoms with Crippen molar-refractivity contribution >= 4 is 17.0 Å². The van der Waals surface area contributed by atoms with Gasteiger partial charge in [0.15, 0.2) is 11.5 Å². The fourth-order valence-corrected chi connectivity index (χ4v) is 2.58. The van der Waals surface area contributed by atoms with E-state index in [-0.39, 0.29) is 0 Å². The molecule has 0 radical (unpaired) electrons. The van der Waals surface area contributed by atoms with Gasteiger partial charge in [0.2, 0.25) is 0 Å². The van der Waals surface area contributed by atoms with Crippen LogP contribution in [0.5, 0.6) is 0 Å². The highest BCUT2D eigenvalue weighted by atomic mass is 15.2. The second kappa shape index (κ2) is 4.89. The van der Waals surface area contributed by atoms with Gasteiger partial charge in [-0.3, -0.25) is 0 Å². The molecule has 0 amide bonds. The summed E-state index contributed by atoms with van der Waals surface area (Å²) >= 11 is 0. The highest BCUT2D eigenvalue weighted by Crippen LogP contribution is 2.23. The molecule has 6 heteroatoms. The molecule has 0 unspecified atom stereocenters. The van der Waals surface area contributed by atoms with Gasteiger partial charge >= 0.3 is 0 Å². The van der Waals surface area contributed by atoms with E-state index in [4.69, 9.17) is 0 Å². The molecule has 0 saturated carbocycles. The van der Waals surface area contributed by atoms with Gasteiger partial charge in [-0.2, -0.15) is 0 Å². The fraction of sp³-hybridized carbons (Fsp3) is 0.583. The molecule has 1 aliphatic heterocycles. The van der Waals surface area contributed by atoms with Crippen LogP contribution >= 0.6 is 0 Å². The number of hydrogen-bond acceptors (Lipinski definition) is 5. The molecule has 3 rings (SSSR count). The maximum atomic E-state index is 4.40. The zero-order valence-corrected chi connectivity index (χ0v) is 10.6. The van der Waals surface area contributed by atoms with Crippen LogP contribution in [0.3, 0.4) is 0 Å². The lowest BCUT2D eigenvalue weighted by molar-refractivity contribution is 0.423. The quantitative estimate of drug-likeness (QED) is 0.843. The van der Waals surface area contributed by atoms with Crippen molar-refractivity contribution in [3.05, 3.63) is 12.7 Å². The van der Waals surface area contributed by atoms with Crippen LogP contribution in [0, 0.1) is 0 Å². The molecule has 1 aliphatic rings. The van der Waals surface area contributed by atoms with E-state index in [0.717, 1.165) is 49.5 Å². The third-order valence-corrected chi connectivity index (χ3v) is 3.49. The van der Waals surface area contributed by atoms with Crippen LogP contribution in [-0.4, -0.2) is 45.6 Å². The topological polar surface area (TPSA) is 69.7 Å². The third kappa shape index (κ3) is 2.03. The SMILES string of the molecule is CCNC1CCN(c2ncnc3nc[nH]c23)CC1. The first-order chi connectivity index (χ1) is 8.88. The van der Waals surface area contributed by atoms with E-state index in [0.29, 0.717) is 6.04 Å².